The summed E-state index contributed by atoms with van der Waals surface area (Å²) >= 11 is 0. The second-order valence-corrected chi connectivity index (χ2v) is 6.48. The third kappa shape index (κ3) is 3.66. The SMILES string of the molecule is C=CCC(F)c1cc2nnc(-c3ccccc3F)n2nc1OCC1N=CNN1C. The van der Waals surface area contributed by atoms with Crippen molar-refractivity contribution in [3.63, 3.8) is 0 Å². The van der Waals surface area contributed by atoms with E-state index < -0.39 is 12.0 Å². The van der Waals surface area contributed by atoms with Crippen LogP contribution in [0, 0.1) is 5.82 Å². The summed E-state index contributed by atoms with van der Waals surface area (Å²) in [5, 5.41) is 14.2. The van der Waals surface area contributed by atoms with Gasteiger partial charge in [0.1, 0.15) is 18.6 Å². The van der Waals surface area contributed by atoms with E-state index in [4.69, 9.17) is 4.74 Å². The van der Waals surface area contributed by atoms with Gasteiger partial charge in [-0.05, 0) is 18.2 Å². The van der Waals surface area contributed by atoms with E-state index in [0.29, 0.717) is 0 Å². The minimum atomic E-state index is -1.38. The van der Waals surface area contributed by atoms with Crippen molar-refractivity contribution < 1.29 is 13.5 Å². The Hall–Kier alpha value is -3.40. The maximum absolute atomic E-state index is 14.7. The van der Waals surface area contributed by atoms with Crippen LogP contribution >= 0.6 is 0 Å². The lowest BCUT2D eigenvalue weighted by atomic mass is 10.1. The van der Waals surface area contributed by atoms with Gasteiger partial charge in [0.15, 0.2) is 17.6 Å². The molecule has 29 heavy (non-hydrogen) atoms. The van der Waals surface area contributed by atoms with Gasteiger partial charge in [0.05, 0.1) is 17.5 Å². The molecule has 0 saturated heterocycles. The molecule has 0 saturated carbocycles. The molecule has 1 aliphatic heterocycles. The maximum atomic E-state index is 14.7. The first kappa shape index (κ1) is 18.9. The molecule has 1 aliphatic rings. The number of likely N-dealkylation sites (N-methyl/N-ethyl adjacent to an activating group) is 1. The van der Waals surface area contributed by atoms with E-state index in [1.807, 2.05) is 7.05 Å². The van der Waals surface area contributed by atoms with E-state index in [1.165, 1.54) is 22.7 Å². The van der Waals surface area contributed by atoms with Crippen molar-refractivity contribution in [1.29, 1.82) is 0 Å². The van der Waals surface area contributed by atoms with Crippen LogP contribution in [-0.2, 0) is 0 Å². The molecule has 0 aliphatic carbocycles. The number of rotatable bonds is 7. The van der Waals surface area contributed by atoms with Crippen molar-refractivity contribution in [3.05, 3.63) is 54.4 Å². The lowest BCUT2D eigenvalue weighted by Gasteiger charge is -2.19. The molecule has 1 aromatic carbocycles. The fraction of sp³-hybridized carbons (Fsp3) is 0.263. The lowest BCUT2D eigenvalue weighted by Crippen LogP contribution is -2.38. The van der Waals surface area contributed by atoms with Crippen LogP contribution < -0.4 is 10.2 Å². The van der Waals surface area contributed by atoms with Crippen molar-refractivity contribution in [1.82, 2.24) is 30.2 Å². The van der Waals surface area contributed by atoms with Gasteiger partial charge in [-0.1, -0.05) is 18.2 Å². The molecule has 2 atom stereocenters. The molecule has 0 fully saturated rings. The Kier molecular flexibility index (Phi) is 5.17. The number of halogens is 2. The van der Waals surface area contributed by atoms with E-state index in [0.717, 1.165) is 0 Å². The number of fused-ring (bicyclic) bond motifs is 1. The number of alkyl halides is 1. The van der Waals surface area contributed by atoms with Crippen LogP contribution in [0.15, 0.2) is 48.0 Å². The summed E-state index contributed by atoms with van der Waals surface area (Å²) in [6.07, 6.45) is 1.45. The second kappa shape index (κ2) is 7.92. The van der Waals surface area contributed by atoms with Gasteiger partial charge >= 0.3 is 0 Å². The van der Waals surface area contributed by atoms with Gasteiger partial charge in [-0.25, -0.2) is 8.78 Å². The summed E-state index contributed by atoms with van der Waals surface area (Å²) in [5.74, 6) is -0.191. The number of hydrogen-bond donors (Lipinski definition) is 1. The summed E-state index contributed by atoms with van der Waals surface area (Å²) in [6.45, 7) is 3.72. The van der Waals surface area contributed by atoms with Crippen LogP contribution in [-0.4, -0.2) is 51.0 Å². The molecule has 3 aromatic rings. The fourth-order valence-corrected chi connectivity index (χ4v) is 2.95. The molecule has 150 valence electrons. The van der Waals surface area contributed by atoms with Crippen molar-refractivity contribution in [3.8, 4) is 17.3 Å². The molecule has 1 N–H and O–H groups in total. The average Bonchev–Trinajstić information content (AvgIpc) is 3.31. The van der Waals surface area contributed by atoms with Crippen molar-refractivity contribution in [2.75, 3.05) is 13.7 Å². The third-order valence-corrected chi connectivity index (χ3v) is 4.54. The molecule has 0 spiro atoms. The zero-order chi connectivity index (χ0) is 20.4. The number of hydrazine groups is 1. The average molecular weight is 399 g/mol. The molecule has 4 rings (SSSR count). The maximum Gasteiger partial charge on any atom is 0.238 e. The zero-order valence-corrected chi connectivity index (χ0v) is 15.7. The first-order valence-electron chi connectivity index (χ1n) is 8.98. The zero-order valence-electron chi connectivity index (χ0n) is 15.7. The number of aliphatic imine (C=N–C) groups is 1. The number of nitrogens with zero attached hydrogens (tertiary/aromatic N) is 6. The molecule has 2 unspecified atom stereocenters. The van der Waals surface area contributed by atoms with Crippen LogP contribution in [0.25, 0.3) is 17.0 Å². The Balaban J connectivity index is 1.76. The fourth-order valence-electron chi connectivity index (χ4n) is 2.95. The van der Waals surface area contributed by atoms with Crippen LogP contribution in [0.5, 0.6) is 5.88 Å². The molecular weight excluding hydrogens is 380 g/mol. The molecule has 3 heterocycles. The van der Waals surface area contributed by atoms with E-state index in [1.54, 1.807) is 29.5 Å². The molecular formula is C19H19F2N7O. The van der Waals surface area contributed by atoms with E-state index >= 15 is 0 Å². The highest BCUT2D eigenvalue weighted by atomic mass is 19.1. The van der Waals surface area contributed by atoms with Gasteiger partial charge < -0.3 is 10.2 Å². The topological polar surface area (TPSA) is 79.9 Å². The Morgan fingerprint density at radius 2 is 2.17 bits per heavy atom. The Morgan fingerprint density at radius 3 is 2.90 bits per heavy atom. The smallest absolute Gasteiger partial charge is 0.238 e. The predicted octanol–water partition coefficient (Wildman–Crippen LogP) is 2.70. The predicted molar refractivity (Wildman–Crippen MR) is 104 cm³/mol. The molecule has 0 bridgehead atoms. The number of hydrogen-bond acceptors (Lipinski definition) is 7. The van der Waals surface area contributed by atoms with Crippen LogP contribution in [0.1, 0.15) is 18.2 Å². The van der Waals surface area contributed by atoms with Gasteiger partial charge in [-0.3, -0.25) is 4.99 Å². The van der Waals surface area contributed by atoms with E-state index in [-0.39, 0.29) is 47.7 Å². The largest absolute Gasteiger partial charge is 0.473 e. The minimum Gasteiger partial charge on any atom is -0.473 e. The highest BCUT2D eigenvalue weighted by Crippen LogP contribution is 2.31. The highest BCUT2D eigenvalue weighted by Gasteiger charge is 2.24. The standard InChI is InChI=1S/C19H19F2N7O/c1-3-6-14(20)13-9-16-24-25-18(12-7-4-5-8-15(12)21)28(16)26-19(13)29-10-17-22-11-23-27(17)2/h3-5,7-9,11,14,17H,1,6,10H2,2H3,(H,22,23). The summed E-state index contributed by atoms with van der Waals surface area (Å²) in [5.41, 5.74) is 3.66. The third-order valence-electron chi connectivity index (χ3n) is 4.54. The van der Waals surface area contributed by atoms with Gasteiger partial charge in [0.2, 0.25) is 5.88 Å². The number of nitrogens with one attached hydrogen (secondary N) is 1. The van der Waals surface area contributed by atoms with Crippen molar-refractivity contribution >= 4 is 12.0 Å². The number of aromatic nitrogens is 4. The summed E-state index contributed by atoms with van der Waals surface area (Å²) in [6, 6.07) is 7.68. The normalized spacial score (nSPS) is 17.4. The molecule has 0 radical (unpaired) electrons. The highest BCUT2D eigenvalue weighted by molar-refractivity contribution is 5.60. The van der Waals surface area contributed by atoms with Crippen LogP contribution in [0.3, 0.4) is 0 Å². The van der Waals surface area contributed by atoms with Crippen LogP contribution in [0.2, 0.25) is 0 Å². The number of ether oxygens (including phenoxy) is 1. The van der Waals surface area contributed by atoms with Gasteiger partial charge in [0, 0.05) is 13.5 Å². The summed E-state index contributed by atoms with van der Waals surface area (Å²) in [7, 11) is 1.81. The first-order chi connectivity index (χ1) is 14.1. The number of allylic oxidation sites excluding steroid dienone is 1. The van der Waals surface area contributed by atoms with Gasteiger partial charge in [-0.15, -0.1) is 21.9 Å². The second-order valence-electron chi connectivity index (χ2n) is 6.48. The summed E-state index contributed by atoms with van der Waals surface area (Å²) < 4.78 is 36.1. The van der Waals surface area contributed by atoms with E-state index in [2.05, 4.69) is 32.3 Å². The molecule has 0 amide bonds. The van der Waals surface area contributed by atoms with Crippen molar-refractivity contribution in [2.45, 2.75) is 18.8 Å². The lowest BCUT2D eigenvalue weighted by molar-refractivity contribution is 0.155. The molecule has 8 nitrogen and oxygen atoms in total. The Morgan fingerprint density at radius 1 is 1.34 bits per heavy atom. The van der Waals surface area contributed by atoms with Gasteiger partial charge in [0.25, 0.3) is 0 Å². The monoisotopic (exact) mass is 399 g/mol. The Labute approximate surface area is 165 Å². The van der Waals surface area contributed by atoms with Gasteiger partial charge in [-0.2, -0.15) is 9.52 Å². The minimum absolute atomic E-state index is 0.0692. The summed E-state index contributed by atoms with van der Waals surface area (Å²) in [4.78, 5) is 4.22. The van der Waals surface area contributed by atoms with E-state index in [9.17, 15) is 8.78 Å². The Bertz CT molecular complexity index is 1070. The number of benzene rings is 1. The quantitative estimate of drug-likeness (QED) is 0.616. The van der Waals surface area contributed by atoms with Crippen molar-refractivity contribution in [2.24, 2.45) is 4.99 Å². The van der Waals surface area contributed by atoms with Crippen LogP contribution in [0.4, 0.5) is 8.78 Å². The first-order valence-corrected chi connectivity index (χ1v) is 8.98. The molecule has 2 aromatic heterocycles. The molecule has 10 heteroatoms.